The Morgan fingerprint density at radius 3 is 2.50 bits per heavy atom. The van der Waals surface area contributed by atoms with Crippen LogP contribution < -0.4 is 5.32 Å². The van der Waals surface area contributed by atoms with Gasteiger partial charge in [0.2, 0.25) is 0 Å². The Labute approximate surface area is 127 Å². The van der Waals surface area contributed by atoms with E-state index in [4.69, 9.17) is 12.2 Å². The minimum absolute atomic E-state index is 0.773. The molecule has 1 N–H and O–H groups in total. The lowest BCUT2D eigenvalue weighted by Gasteiger charge is -2.09. The quantitative estimate of drug-likeness (QED) is 0.764. The first-order valence-corrected chi connectivity index (χ1v) is 7.57. The highest BCUT2D eigenvalue weighted by Gasteiger charge is 2.02. The zero-order chi connectivity index (χ0) is 14.4. The highest BCUT2D eigenvalue weighted by Crippen LogP contribution is 2.14. The molecule has 0 bridgehead atoms. The first-order valence-electron chi connectivity index (χ1n) is 7.16. The van der Waals surface area contributed by atoms with Crippen molar-refractivity contribution in [2.75, 3.05) is 5.32 Å². The predicted octanol–water partition coefficient (Wildman–Crippen LogP) is 5.13. The third-order valence-corrected chi connectivity index (χ3v) is 3.65. The van der Waals surface area contributed by atoms with Crippen LogP contribution in [-0.4, -0.2) is 4.99 Å². The molecule has 0 unspecified atom stereocenters. The Balaban J connectivity index is 2.01. The van der Waals surface area contributed by atoms with E-state index in [9.17, 15) is 0 Å². The molecule has 0 saturated heterocycles. The lowest BCUT2D eigenvalue weighted by atomic mass is 10.1. The van der Waals surface area contributed by atoms with Gasteiger partial charge in [0.15, 0.2) is 0 Å². The number of anilines is 1. The summed E-state index contributed by atoms with van der Waals surface area (Å²) in [6.45, 7) is 4.30. The van der Waals surface area contributed by atoms with Crippen LogP contribution in [0.3, 0.4) is 0 Å². The molecule has 0 aliphatic rings. The number of nitrogens with one attached hydrogen (secondary N) is 1. The second kappa shape index (κ2) is 7.20. The van der Waals surface area contributed by atoms with Gasteiger partial charge in [-0.2, -0.15) is 0 Å². The average molecular weight is 283 g/mol. The smallest absolute Gasteiger partial charge is 0.110 e. The van der Waals surface area contributed by atoms with Crippen LogP contribution in [-0.2, 0) is 6.42 Å². The maximum absolute atomic E-state index is 5.45. The van der Waals surface area contributed by atoms with Gasteiger partial charge in [0.1, 0.15) is 4.99 Å². The van der Waals surface area contributed by atoms with E-state index in [2.05, 4.69) is 55.6 Å². The molecule has 0 saturated carbocycles. The van der Waals surface area contributed by atoms with E-state index in [0.717, 1.165) is 22.7 Å². The molecule has 20 heavy (non-hydrogen) atoms. The van der Waals surface area contributed by atoms with Crippen molar-refractivity contribution in [2.45, 2.75) is 33.1 Å². The van der Waals surface area contributed by atoms with Crippen molar-refractivity contribution in [2.24, 2.45) is 0 Å². The summed E-state index contributed by atoms with van der Waals surface area (Å²) in [4.78, 5) is 0.773. The van der Waals surface area contributed by atoms with Crippen LogP contribution in [0.5, 0.6) is 0 Å². The standard InChI is InChI=1S/C18H21NS/c1-3-4-7-15-9-11-17(12-10-15)19-18(20)16-8-5-6-14(2)13-16/h5-6,8-13H,3-4,7H2,1-2H3,(H,19,20). The van der Waals surface area contributed by atoms with Gasteiger partial charge < -0.3 is 5.32 Å². The van der Waals surface area contributed by atoms with E-state index in [1.165, 1.54) is 24.0 Å². The van der Waals surface area contributed by atoms with Gasteiger partial charge in [-0.3, -0.25) is 0 Å². The van der Waals surface area contributed by atoms with Gasteiger partial charge in [-0.25, -0.2) is 0 Å². The maximum atomic E-state index is 5.45. The summed E-state index contributed by atoms with van der Waals surface area (Å²) in [5, 5.41) is 3.30. The van der Waals surface area contributed by atoms with Crippen molar-refractivity contribution >= 4 is 22.9 Å². The SMILES string of the molecule is CCCCc1ccc(NC(=S)c2cccc(C)c2)cc1. The normalized spacial score (nSPS) is 10.3. The van der Waals surface area contributed by atoms with Crippen molar-refractivity contribution < 1.29 is 0 Å². The van der Waals surface area contributed by atoms with E-state index in [-0.39, 0.29) is 0 Å². The van der Waals surface area contributed by atoms with Crippen molar-refractivity contribution in [3.63, 3.8) is 0 Å². The number of rotatable bonds is 5. The lowest BCUT2D eigenvalue weighted by Crippen LogP contribution is -2.10. The number of hydrogen-bond acceptors (Lipinski definition) is 1. The molecular formula is C18H21NS. The largest absolute Gasteiger partial charge is 0.346 e. The minimum Gasteiger partial charge on any atom is -0.346 e. The topological polar surface area (TPSA) is 12.0 Å². The monoisotopic (exact) mass is 283 g/mol. The fourth-order valence-corrected chi connectivity index (χ4v) is 2.37. The fourth-order valence-electron chi connectivity index (χ4n) is 2.13. The number of benzene rings is 2. The molecule has 2 aromatic rings. The van der Waals surface area contributed by atoms with Crippen LogP contribution >= 0.6 is 12.2 Å². The third kappa shape index (κ3) is 4.17. The second-order valence-corrected chi connectivity index (χ2v) is 5.53. The van der Waals surface area contributed by atoms with Crippen molar-refractivity contribution in [3.05, 3.63) is 65.2 Å². The molecule has 2 heteroatoms. The maximum Gasteiger partial charge on any atom is 0.110 e. The first-order chi connectivity index (χ1) is 9.69. The van der Waals surface area contributed by atoms with Crippen molar-refractivity contribution in [1.29, 1.82) is 0 Å². The lowest BCUT2D eigenvalue weighted by molar-refractivity contribution is 0.795. The molecule has 2 rings (SSSR count). The summed E-state index contributed by atoms with van der Waals surface area (Å²) in [6.07, 6.45) is 3.63. The molecule has 0 aliphatic carbocycles. The van der Waals surface area contributed by atoms with Gasteiger partial charge in [0, 0.05) is 11.3 Å². The third-order valence-electron chi connectivity index (χ3n) is 3.31. The minimum atomic E-state index is 0.773. The molecule has 0 aliphatic heterocycles. The Morgan fingerprint density at radius 1 is 1.10 bits per heavy atom. The Kier molecular flexibility index (Phi) is 5.31. The Bertz CT molecular complexity index is 572. The van der Waals surface area contributed by atoms with E-state index in [1.54, 1.807) is 0 Å². The molecule has 0 aromatic heterocycles. The number of unbranched alkanes of at least 4 members (excludes halogenated alkanes) is 1. The van der Waals surface area contributed by atoms with E-state index >= 15 is 0 Å². The van der Waals surface area contributed by atoms with Gasteiger partial charge in [0.25, 0.3) is 0 Å². The summed E-state index contributed by atoms with van der Waals surface area (Å²) in [7, 11) is 0. The van der Waals surface area contributed by atoms with Gasteiger partial charge in [-0.1, -0.05) is 61.5 Å². The average Bonchev–Trinajstić information content (AvgIpc) is 2.46. The molecule has 0 fully saturated rings. The van der Waals surface area contributed by atoms with Crippen LogP contribution in [0.2, 0.25) is 0 Å². The summed E-state index contributed by atoms with van der Waals surface area (Å²) < 4.78 is 0. The summed E-state index contributed by atoms with van der Waals surface area (Å²) >= 11 is 5.45. The molecular weight excluding hydrogens is 262 g/mol. The Hall–Kier alpha value is -1.67. The fraction of sp³-hybridized carbons (Fsp3) is 0.278. The van der Waals surface area contributed by atoms with Gasteiger partial charge >= 0.3 is 0 Å². The molecule has 0 amide bonds. The van der Waals surface area contributed by atoms with Crippen LogP contribution in [0.25, 0.3) is 0 Å². The summed E-state index contributed by atoms with van der Waals surface area (Å²) in [5.74, 6) is 0. The summed E-state index contributed by atoms with van der Waals surface area (Å²) in [5.41, 5.74) is 4.73. The van der Waals surface area contributed by atoms with Crippen LogP contribution in [0.1, 0.15) is 36.5 Å². The van der Waals surface area contributed by atoms with E-state index in [1.807, 2.05) is 12.1 Å². The first kappa shape index (κ1) is 14.7. The zero-order valence-electron chi connectivity index (χ0n) is 12.1. The van der Waals surface area contributed by atoms with Crippen molar-refractivity contribution in [1.82, 2.24) is 0 Å². The summed E-state index contributed by atoms with van der Waals surface area (Å²) in [6, 6.07) is 16.8. The second-order valence-electron chi connectivity index (χ2n) is 5.12. The molecule has 0 radical (unpaired) electrons. The molecule has 2 aromatic carbocycles. The Morgan fingerprint density at radius 2 is 1.85 bits per heavy atom. The van der Waals surface area contributed by atoms with Crippen LogP contribution in [0.4, 0.5) is 5.69 Å². The molecule has 0 heterocycles. The highest BCUT2D eigenvalue weighted by molar-refractivity contribution is 7.81. The van der Waals surface area contributed by atoms with Crippen molar-refractivity contribution in [3.8, 4) is 0 Å². The molecule has 104 valence electrons. The molecule has 0 atom stereocenters. The van der Waals surface area contributed by atoms with Crippen LogP contribution in [0.15, 0.2) is 48.5 Å². The zero-order valence-corrected chi connectivity index (χ0v) is 13.0. The molecule has 1 nitrogen and oxygen atoms in total. The number of aryl methyl sites for hydroxylation is 2. The van der Waals surface area contributed by atoms with E-state index in [0.29, 0.717) is 0 Å². The molecule has 0 spiro atoms. The van der Waals surface area contributed by atoms with E-state index < -0.39 is 0 Å². The van der Waals surface area contributed by atoms with Crippen LogP contribution in [0, 0.1) is 6.92 Å². The number of hydrogen-bond donors (Lipinski definition) is 1. The van der Waals surface area contributed by atoms with Gasteiger partial charge in [0.05, 0.1) is 0 Å². The van der Waals surface area contributed by atoms with Gasteiger partial charge in [-0.15, -0.1) is 0 Å². The van der Waals surface area contributed by atoms with Gasteiger partial charge in [-0.05, 0) is 43.5 Å². The highest BCUT2D eigenvalue weighted by atomic mass is 32.1. The number of thiocarbonyl (C=S) groups is 1. The predicted molar refractivity (Wildman–Crippen MR) is 91.6 cm³/mol.